The molecule has 0 spiro atoms. The average Bonchev–Trinajstić information content (AvgIpc) is 2.26. The Morgan fingerprint density at radius 1 is 1.75 bits per heavy atom. The topological polar surface area (TPSA) is 46.9 Å². The largest absolute Gasteiger partial charge is 0.347 e. The van der Waals surface area contributed by atoms with E-state index in [1.165, 1.54) is 0 Å². The van der Waals surface area contributed by atoms with Gasteiger partial charge in [-0.1, -0.05) is 0 Å². The molecule has 0 aromatic carbocycles. The van der Waals surface area contributed by atoms with Crippen LogP contribution in [0.5, 0.6) is 0 Å². The molecule has 2 rings (SSSR count). The molecule has 1 N–H and O–H groups in total. The van der Waals surface area contributed by atoms with E-state index >= 15 is 0 Å². The number of hydrogen-bond acceptors (Lipinski definition) is 2. The van der Waals surface area contributed by atoms with Crippen LogP contribution in [0.2, 0.25) is 0 Å². The number of nitrogens with one attached hydrogen (secondary N) is 1. The maximum absolute atomic E-state index is 10.7. The molecular formula is C8H11N3O. The molecular weight excluding hydrogens is 154 g/mol. The summed E-state index contributed by atoms with van der Waals surface area (Å²) in [6.45, 7) is 2.01. The molecule has 1 unspecified atom stereocenters. The van der Waals surface area contributed by atoms with Crippen molar-refractivity contribution in [2.75, 3.05) is 0 Å². The standard InChI is InChI=1S/C8H11N3O/c1-5-4-9-11(2)8(5)6-3-7(12)10-6/h4,6H,3H2,1-2H3,(H,10,12). The van der Waals surface area contributed by atoms with Crippen molar-refractivity contribution in [1.82, 2.24) is 15.1 Å². The van der Waals surface area contributed by atoms with Crippen LogP contribution in [0.25, 0.3) is 0 Å². The van der Waals surface area contributed by atoms with Crippen LogP contribution in [0, 0.1) is 6.92 Å². The first-order chi connectivity index (χ1) is 5.68. The summed E-state index contributed by atoms with van der Waals surface area (Å²) in [6, 6.07) is 0.185. The van der Waals surface area contributed by atoms with Crippen LogP contribution in [0.4, 0.5) is 0 Å². The predicted molar refractivity (Wildman–Crippen MR) is 43.4 cm³/mol. The first kappa shape index (κ1) is 7.34. The number of nitrogens with zero attached hydrogens (tertiary/aromatic N) is 2. The lowest BCUT2D eigenvalue weighted by Gasteiger charge is -2.27. The van der Waals surface area contributed by atoms with Gasteiger partial charge >= 0.3 is 0 Å². The summed E-state index contributed by atoms with van der Waals surface area (Å²) in [6.07, 6.45) is 2.42. The van der Waals surface area contributed by atoms with E-state index < -0.39 is 0 Å². The zero-order valence-electron chi connectivity index (χ0n) is 7.16. The number of aryl methyl sites for hydroxylation is 2. The van der Waals surface area contributed by atoms with Crippen LogP contribution in [0.1, 0.15) is 23.7 Å². The van der Waals surface area contributed by atoms with Gasteiger partial charge in [0.15, 0.2) is 0 Å². The first-order valence-electron chi connectivity index (χ1n) is 3.96. The Labute approximate surface area is 70.6 Å². The highest BCUT2D eigenvalue weighted by Crippen LogP contribution is 2.25. The summed E-state index contributed by atoms with van der Waals surface area (Å²) in [5.41, 5.74) is 2.26. The molecule has 4 heteroatoms. The Kier molecular flexibility index (Phi) is 1.43. The zero-order valence-corrected chi connectivity index (χ0v) is 7.16. The number of carbonyl (C=O) groups is 1. The van der Waals surface area contributed by atoms with Crippen molar-refractivity contribution < 1.29 is 4.79 Å². The molecule has 64 valence electrons. The minimum Gasteiger partial charge on any atom is -0.347 e. The third-order valence-electron chi connectivity index (χ3n) is 2.23. The van der Waals surface area contributed by atoms with E-state index in [-0.39, 0.29) is 11.9 Å². The minimum absolute atomic E-state index is 0.126. The van der Waals surface area contributed by atoms with Crippen molar-refractivity contribution in [2.24, 2.45) is 7.05 Å². The molecule has 1 atom stereocenters. The van der Waals surface area contributed by atoms with Gasteiger partial charge in [-0.15, -0.1) is 0 Å². The lowest BCUT2D eigenvalue weighted by Crippen LogP contribution is -2.42. The predicted octanol–water partition coefficient (Wildman–Crippen LogP) is 0.290. The molecule has 2 heterocycles. The van der Waals surface area contributed by atoms with Gasteiger partial charge in [-0.3, -0.25) is 9.48 Å². The fourth-order valence-corrected chi connectivity index (χ4v) is 1.58. The third kappa shape index (κ3) is 0.913. The molecule has 0 aliphatic carbocycles. The highest BCUT2D eigenvalue weighted by molar-refractivity contribution is 5.83. The molecule has 1 aliphatic rings. The second-order valence-corrected chi connectivity index (χ2v) is 3.16. The number of amides is 1. The molecule has 0 bridgehead atoms. The summed E-state index contributed by atoms with van der Waals surface area (Å²) in [4.78, 5) is 10.7. The zero-order chi connectivity index (χ0) is 8.72. The molecule has 0 radical (unpaired) electrons. The SMILES string of the molecule is Cc1cnn(C)c1C1CC(=O)N1. The quantitative estimate of drug-likeness (QED) is 0.608. The molecule has 1 aromatic rings. The maximum atomic E-state index is 10.7. The lowest BCUT2D eigenvalue weighted by atomic mass is 10.0. The number of carbonyl (C=O) groups excluding carboxylic acids is 1. The van der Waals surface area contributed by atoms with Crippen molar-refractivity contribution in [3.05, 3.63) is 17.5 Å². The van der Waals surface area contributed by atoms with Crippen molar-refractivity contribution in [3.63, 3.8) is 0 Å². The first-order valence-corrected chi connectivity index (χ1v) is 3.96. The molecule has 1 aromatic heterocycles. The second kappa shape index (κ2) is 2.33. The fourth-order valence-electron chi connectivity index (χ4n) is 1.58. The maximum Gasteiger partial charge on any atom is 0.223 e. The van der Waals surface area contributed by atoms with Gasteiger partial charge in [0.05, 0.1) is 24.4 Å². The van der Waals surface area contributed by atoms with Crippen LogP contribution < -0.4 is 5.32 Å². The van der Waals surface area contributed by atoms with Crippen LogP contribution in [0.15, 0.2) is 6.20 Å². The van der Waals surface area contributed by atoms with E-state index in [0.717, 1.165) is 11.3 Å². The van der Waals surface area contributed by atoms with Gasteiger partial charge in [-0.05, 0) is 12.5 Å². The van der Waals surface area contributed by atoms with Crippen LogP contribution in [0.3, 0.4) is 0 Å². The van der Waals surface area contributed by atoms with E-state index in [4.69, 9.17) is 0 Å². The van der Waals surface area contributed by atoms with Gasteiger partial charge < -0.3 is 5.32 Å². The summed E-state index contributed by atoms with van der Waals surface area (Å²) in [5, 5.41) is 6.94. The minimum atomic E-state index is 0.126. The molecule has 1 amide bonds. The molecule has 1 saturated heterocycles. The highest BCUT2D eigenvalue weighted by Gasteiger charge is 2.30. The van der Waals surface area contributed by atoms with Gasteiger partial charge in [0.1, 0.15) is 0 Å². The number of aromatic nitrogens is 2. The van der Waals surface area contributed by atoms with Crippen molar-refractivity contribution in [2.45, 2.75) is 19.4 Å². The average molecular weight is 165 g/mol. The van der Waals surface area contributed by atoms with E-state index in [0.29, 0.717) is 6.42 Å². The highest BCUT2D eigenvalue weighted by atomic mass is 16.2. The van der Waals surface area contributed by atoms with Crippen molar-refractivity contribution in [1.29, 1.82) is 0 Å². The van der Waals surface area contributed by atoms with Gasteiger partial charge in [0.2, 0.25) is 5.91 Å². The summed E-state index contributed by atoms with van der Waals surface area (Å²) in [5.74, 6) is 0.126. The Morgan fingerprint density at radius 3 is 2.83 bits per heavy atom. The monoisotopic (exact) mass is 165 g/mol. The fraction of sp³-hybridized carbons (Fsp3) is 0.500. The normalized spacial score (nSPS) is 21.8. The smallest absolute Gasteiger partial charge is 0.223 e. The van der Waals surface area contributed by atoms with Gasteiger partial charge in [-0.2, -0.15) is 5.10 Å². The molecule has 0 saturated carbocycles. The van der Waals surface area contributed by atoms with Gasteiger partial charge in [0.25, 0.3) is 0 Å². The van der Waals surface area contributed by atoms with Gasteiger partial charge in [-0.25, -0.2) is 0 Å². The summed E-state index contributed by atoms with van der Waals surface area (Å²) in [7, 11) is 1.90. The van der Waals surface area contributed by atoms with Gasteiger partial charge in [0, 0.05) is 7.05 Å². The third-order valence-corrected chi connectivity index (χ3v) is 2.23. The Hall–Kier alpha value is -1.32. The Morgan fingerprint density at radius 2 is 2.42 bits per heavy atom. The van der Waals surface area contributed by atoms with Crippen molar-refractivity contribution in [3.8, 4) is 0 Å². The molecule has 1 fully saturated rings. The number of β-lactam (4-membered cyclic amide) rings is 1. The molecule has 4 nitrogen and oxygen atoms in total. The van der Waals surface area contributed by atoms with Crippen molar-refractivity contribution >= 4 is 5.91 Å². The summed E-state index contributed by atoms with van der Waals surface area (Å²) >= 11 is 0. The van der Waals surface area contributed by atoms with E-state index in [1.807, 2.05) is 24.9 Å². The Balaban J connectivity index is 2.27. The van der Waals surface area contributed by atoms with E-state index in [1.54, 1.807) is 0 Å². The number of rotatable bonds is 1. The Bertz CT molecular complexity index is 302. The van der Waals surface area contributed by atoms with Crippen LogP contribution in [-0.2, 0) is 11.8 Å². The lowest BCUT2D eigenvalue weighted by molar-refractivity contribution is -0.128. The molecule has 12 heavy (non-hydrogen) atoms. The summed E-state index contributed by atoms with van der Waals surface area (Å²) < 4.78 is 1.82. The van der Waals surface area contributed by atoms with E-state index in [9.17, 15) is 4.79 Å². The van der Waals surface area contributed by atoms with Crippen LogP contribution >= 0.6 is 0 Å². The van der Waals surface area contributed by atoms with Crippen LogP contribution in [-0.4, -0.2) is 15.7 Å². The second-order valence-electron chi connectivity index (χ2n) is 3.16. The number of hydrogen-bond donors (Lipinski definition) is 1. The molecule has 1 aliphatic heterocycles. The van der Waals surface area contributed by atoms with E-state index in [2.05, 4.69) is 10.4 Å².